The summed E-state index contributed by atoms with van der Waals surface area (Å²) in [5.74, 6) is -0.151. The number of hydrogen-bond acceptors (Lipinski definition) is 4. The Bertz CT molecular complexity index is 350. The van der Waals surface area contributed by atoms with Crippen LogP contribution in [-0.2, 0) is 6.54 Å². The molecule has 1 aromatic rings. The molecule has 0 aromatic carbocycles. The Balaban J connectivity index is 2.35. The predicted octanol–water partition coefficient (Wildman–Crippen LogP) is 0.953. The van der Waals surface area contributed by atoms with Crippen molar-refractivity contribution in [2.75, 3.05) is 6.54 Å². The molecule has 0 saturated heterocycles. The van der Waals surface area contributed by atoms with Crippen molar-refractivity contribution < 1.29 is 9.90 Å². The second-order valence-electron chi connectivity index (χ2n) is 4.11. The van der Waals surface area contributed by atoms with Crippen molar-refractivity contribution in [2.24, 2.45) is 11.7 Å². The minimum absolute atomic E-state index is 0.247. The number of primary amides is 1. The minimum Gasteiger partial charge on any atom is -0.392 e. The Hall–Kier alpha value is -0.910. The van der Waals surface area contributed by atoms with Gasteiger partial charge in [-0.15, -0.1) is 11.3 Å². The van der Waals surface area contributed by atoms with E-state index in [9.17, 15) is 9.90 Å². The topological polar surface area (TPSA) is 75.3 Å². The number of hydrogen-bond donors (Lipinski definition) is 3. The van der Waals surface area contributed by atoms with Crippen molar-refractivity contribution in [1.29, 1.82) is 0 Å². The number of carbonyl (C=O) groups is 1. The zero-order valence-corrected chi connectivity index (χ0v) is 10.4. The summed E-state index contributed by atoms with van der Waals surface area (Å²) in [6, 6.07) is 1.78. The SMILES string of the molecule is CC(C)C(O)CNCc1cc(C(N)=O)cs1. The van der Waals surface area contributed by atoms with Crippen LogP contribution in [0.25, 0.3) is 0 Å². The second-order valence-corrected chi connectivity index (χ2v) is 5.10. The Morgan fingerprint density at radius 2 is 2.31 bits per heavy atom. The maximum atomic E-state index is 10.9. The van der Waals surface area contributed by atoms with E-state index >= 15 is 0 Å². The fourth-order valence-electron chi connectivity index (χ4n) is 1.18. The highest BCUT2D eigenvalue weighted by atomic mass is 32.1. The predicted molar refractivity (Wildman–Crippen MR) is 65.4 cm³/mol. The fourth-order valence-corrected chi connectivity index (χ4v) is 2.02. The smallest absolute Gasteiger partial charge is 0.249 e. The first-order valence-electron chi connectivity index (χ1n) is 5.26. The highest BCUT2D eigenvalue weighted by Gasteiger charge is 2.09. The Morgan fingerprint density at radius 3 is 2.81 bits per heavy atom. The molecule has 16 heavy (non-hydrogen) atoms. The van der Waals surface area contributed by atoms with Gasteiger partial charge in [-0.2, -0.15) is 0 Å². The van der Waals surface area contributed by atoms with Gasteiger partial charge in [0.25, 0.3) is 0 Å². The lowest BCUT2D eigenvalue weighted by Crippen LogP contribution is -2.29. The highest BCUT2D eigenvalue weighted by molar-refractivity contribution is 7.10. The summed E-state index contributed by atoms with van der Waals surface area (Å²) in [5.41, 5.74) is 5.70. The number of aliphatic hydroxyl groups is 1. The Kier molecular flexibility index (Phi) is 4.92. The second kappa shape index (κ2) is 5.98. The molecule has 4 N–H and O–H groups in total. The van der Waals surface area contributed by atoms with E-state index in [0.29, 0.717) is 18.7 Å². The summed E-state index contributed by atoms with van der Waals surface area (Å²) in [6.45, 7) is 5.16. The maximum Gasteiger partial charge on any atom is 0.249 e. The third-order valence-corrected chi connectivity index (χ3v) is 3.30. The van der Waals surface area contributed by atoms with Gasteiger partial charge in [0.05, 0.1) is 11.7 Å². The molecular formula is C11H18N2O2S. The van der Waals surface area contributed by atoms with E-state index in [-0.39, 0.29) is 12.0 Å². The number of carbonyl (C=O) groups excluding carboxylic acids is 1. The quantitative estimate of drug-likeness (QED) is 0.695. The zero-order valence-electron chi connectivity index (χ0n) is 9.56. The van der Waals surface area contributed by atoms with Crippen LogP contribution < -0.4 is 11.1 Å². The number of nitrogens with one attached hydrogen (secondary N) is 1. The summed E-state index contributed by atoms with van der Waals surface area (Å²) in [7, 11) is 0. The molecular weight excluding hydrogens is 224 g/mol. The molecule has 1 rings (SSSR count). The average molecular weight is 242 g/mol. The maximum absolute atomic E-state index is 10.9. The van der Waals surface area contributed by atoms with E-state index in [0.717, 1.165) is 4.88 Å². The van der Waals surface area contributed by atoms with Crippen LogP contribution >= 0.6 is 11.3 Å². The van der Waals surface area contributed by atoms with Gasteiger partial charge >= 0.3 is 0 Å². The molecule has 1 unspecified atom stereocenters. The fraction of sp³-hybridized carbons (Fsp3) is 0.545. The van der Waals surface area contributed by atoms with Gasteiger partial charge in [0.2, 0.25) is 5.91 Å². The third-order valence-electron chi connectivity index (χ3n) is 2.36. The molecule has 0 aliphatic carbocycles. The van der Waals surface area contributed by atoms with Gasteiger partial charge in [0.15, 0.2) is 0 Å². The van der Waals surface area contributed by atoms with Crippen molar-refractivity contribution in [3.05, 3.63) is 21.9 Å². The number of nitrogens with two attached hydrogens (primary N) is 1. The van der Waals surface area contributed by atoms with E-state index < -0.39 is 5.91 Å². The Labute approximate surface area is 99.5 Å². The van der Waals surface area contributed by atoms with Crippen molar-refractivity contribution in [2.45, 2.75) is 26.5 Å². The van der Waals surface area contributed by atoms with Crippen molar-refractivity contribution >= 4 is 17.2 Å². The molecule has 0 spiro atoms. The van der Waals surface area contributed by atoms with Crippen molar-refractivity contribution in [3.63, 3.8) is 0 Å². The van der Waals surface area contributed by atoms with Crippen LogP contribution in [0.3, 0.4) is 0 Å². The van der Waals surface area contributed by atoms with Gasteiger partial charge in [0, 0.05) is 23.3 Å². The molecule has 0 saturated carbocycles. The van der Waals surface area contributed by atoms with Gasteiger partial charge in [-0.3, -0.25) is 4.79 Å². The van der Waals surface area contributed by atoms with Crippen LogP contribution in [0.2, 0.25) is 0 Å². The van der Waals surface area contributed by atoms with Crippen molar-refractivity contribution in [3.8, 4) is 0 Å². The van der Waals surface area contributed by atoms with E-state index in [1.807, 2.05) is 13.8 Å². The van der Waals surface area contributed by atoms with Gasteiger partial charge in [-0.1, -0.05) is 13.8 Å². The number of rotatable bonds is 6. The lowest BCUT2D eigenvalue weighted by molar-refractivity contribution is 0.100. The van der Waals surface area contributed by atoms with E-state index in [1.165, 1.54) is 11.3 Å². The monoisotopic (exact) mass is 242 g/mol. The minimum atomic E-state index is -0.398. The van der Waals surface area contributed by atoms with Gasteiger partial charge < -0.3 is 16.2 Å². The van der Waals surface area contributed by atoms with E-state index in [1.54, 1.807) is 11.4 Å². The van der Waals surface area contributed by atoms with E-state index in [4.69, 9.17) is 5.73 Å². The lowest BCUT2D eigenvalue weighted by Gasteiger charge is -2.14. The van der Waals surface area contributed by atoms with Crippen LogP contribution in [0.5, 0.6) is 0 Å². The first-order valence-corrected chi connectivity index (χ1v) is 6.14. The van der Waals surface area contributed by atoms with Gasteiger partial charge in [0.1, 0.15) is 0 Å². The normalized spacial score (nSPS) is 13.0. The summed E-state index contributed by atoms with van der Waals surface area (Å²) >= 11 is 1.49. The van der Waals surface area contributed by atoms with Crippen LogP contribution in [0.15, 0.2) is 11.4 Å². The molecule has 90 valence electrons. The largest absolute Gasteiger partial charge is 0.392 e. The summed E-state index contributed by atoms with van der Waals surface area (Å²) in [5, 5.41) is 14.5. The molecule has 1 aromatic heterocycles. The van der Waals surface area contributed by atoms with Gasteiger partial charge in [-0.25, -0.2) is 0 Å². The highest BCUT2D eigenvalue weighted by Crippen LogP contribution is 2.13. The first kappa shape index (κ1) is 13.2. The molecule has 1 heterocycles. The molecule has 5 heteroatoms. The number of aliphatic hydroxyl groups excluding tert-OH is 1. The molecule has 0 fully saturated rings. The molecule has 1 amide bonds. The van der Waals surface area contributed by atoms with E-state index in [2.05, 4.69) is 5.32 Å². The van der Waals surface area contributed by atoms with Gasteiger partial charge in [-0.05, 0) is 12.0 Å². The summed E-state index contributed by atoms with van der Waals surface area (Å²) in [6.07, 6.45) is -0.337. The third kappa shape index (κ3) is 3.92. The van der Waals surface area contributed by atoms with Crippen LogP contribution in [0, 0.1) is 5.92 Å². The van der Waals surface area contributed by atoms with Crippen LogP contribution in [0.4, 0.5) is 0 Å². The molecule has 1 atom stereocenters. The summed E-state index contributed by atoms with van der Waals surface area (Å²) in [4.78, 5) is 11.9. The zero-order chi connectivity index (χ0) is 12.1. The molecule has 0 aliphatic rings. The molecule has 0 radical (unpaired) electrons. The first-order chi connectivity index (χ1) is 7.50. The lowest BCUT2D eigenvalue weighted by atomic mass is 10.1. The molecule has 0 aliphatic heterocycles. The average Bonchev–Trinajstić information content (AvgIpc) is 2.66. The summed E-state index contributed by atoms with van der Waals surface area (Å²) < 4.78 is 0. The standard InChI is InChI=1S/C11H18N2O2S/c1-7(2)10(14)5-13-4-9-3-8(6-16-9)11(12)15/h3,6-7,10,13-14H,4-5H2,1-2H3,(H2,12,15). The molecule has 4 nitrogen and oxygen atoms in total. The number of amides is 1. The Morgan fingerprint density at radius 1 is 1.62 bits per heavy atom. The molecule has 0 bridgehead atoms. The van der Waals surface area contributed by atoms with Crippen molar-refractivity contribution in [1.82, 2.24) is 5.32 Å². The van der Waals surface area contributed by atoms with Crippen LogP contribution in [0.1, 0.15) is 29.1 Å². The van der Waals surface area contributed by atoms with Crippen LogP contribution in [-0.4, -0.2) is 23.7 Å². The number of thiophene rings is 1.